The van der Waals surface area contributed by atoms with E-state index in [0.29, 0.717) is 6.61 Å². The second-order valence-electron chi connectivity index (χ2n) is 3.69. The summed E-state index contributed by atoms with van der Waals surface area (Å²) in [4.78, 5) is 0. The Morgan fingerprint density at radius 3 is 3.13 bits per heavy atom. The van der Waals surface area contributed by atoms with Crippen LogP contribution in [-0.4, -0.2) is 38.4 Å². The molecule has 1 unspecified atom stereocenters. The van der Waals surface area contributed by atoms with Crippen molar-refractivity contribution in [3.63, 3.8) is 0 Å². The molecule has 0 bridgehead atoms. The zero-order valence-electron chi connectivity index (χ0n) is 8.65. The molecule has 1 saturated heterocycles. The molecule has 0 amide bonds. The van der Waals surface area contributed by atoms with Crippen molar-refractivity contribution in [2.75, 3.05) is 6.61 Å². The molecule has 4 heteroatoms. The summed E-state index contributed by atoms with van der Waals surface area (Å²) in [6, 6.07) is 2.07. The number of hydrogen-bond acceptors (Lipinski definition) is 3. The van der Waals surface area contributed by atoms with Crippen molar-refractivity contribution in [3.8, 4) is 0 Å². The Bertz CT molecular complexity index is 292. The topological polar surface area (TPSA) is 38.7 Å². The summed E-state index contributed by atoms with van der Waals surface area (Å²) in [7, 11) is 0. The van der Waals surface area contributed by atoms with Gasteiger partial charge in [-0.1, -0.05) is 0 Å². The average Bonchev–Trinajstić information content (AvgIpc) is 2.76. The van der Waals surface area contributed by atoms with E-state index in [4.69, 9.17) is 14.6 Å². The van der Waals surface area contributed by atoms with Crippen molar-refractivity contribution < 1.29 is 14.6 Å². The van der Waals surface area contributed by atoms with Gasteiger partial charge >= 0.3 is 99.7 Å². The van der Waals surface area contributed by atoms with E-state index in [0.717, 1.165) is 25.0 Å². The summed E-state index contributed by atoms with van der Waals surface area (Å²) in [5.74, 6) is 0. The summed E-state index contributed by atoms with van der Waals surface area (Å²) < 4.78 is 14.7. The number of ether oxygens (including phenoxy) is 2. The molecule has 0 aliphatic carbocycles. The summed E-state index contributed by atoms with van der Waals surface area (Å²) in [5, 5.41) is 8.94. The SMILES string of the molecule is OCc1c[te]c(COC2CCCCO2)c1. The summed E-state index contributed by atoms with van der Waals surface area (Å²) in [6.45, 7) is 1.68. The third kappa shape index (κ3) is 3.58. The van der Waals surface area contributed by atoms with Gasteiger partial charge in [0.25, 0.3) is 0 Å². The van der Waals surface area contributed by atoms with Crippen LogP contribution in [0.3, 0.4) is 0 Å². The first-order chi connectivity index (χ1) is 7.38. The van der Waals surface area contributed by atoms with Crippen LogP contribution in [0.5, 0.6) is 0 Å². The van der Waals surface area contributed by atoms with E-state index in [9.17, 15) is 0 Å². The molecule has 1 aromatic heterocycles. The van der Waals surface area contributed by atoms with Crippen LogP contribution in [0.4, 0.5) is 0 Å². The van der Waals surface area contributed by atoms with Gasteiger partial charge in [-0.3, -0.25) is 0 Å². The number of aliphatic hydroxyl groups excluding tert-OH is 1. The predicted octanol–water partition coefficient (Wildman–Crippen LogP) is 1.28. The van der Waals surface area contributed by atoms with E-state index >= 15 is 0 Å². The van der Waals surface area contributed by atoms with Gasteiger partial charge in [0.2, 0.25) is 0 Å². The van der Waals surface area contributed by atoms with Crippen LogP contribution in [0, 0.1) is 0 Å². The minimum atomic E-state index is -0.213. The van der Waals surface area contributed by atoms with E-state index in [1.807, 2.05) is 0 Å². The van der Waals surface area contributed by atoms with Crippen molar-refractivity contribution in [1.29, 1.82) is 0 Å². The predicted molar refractivity (Wildman–Crippen MR) is 57.7 cm³/mol. The number of hydrogen-bond donors (Lipinski definition) is 1. The van der Waals surface area contributed by atoms with Crippen LogP contribution in [0.1, 0.15) is 28.4 Å². The molecule has 0 radical (unpaired) electrons. The van der Waals surface area contributed by atoms with Gasteiger partial charge in [0, 0.05) is 0 Å². The summed E-state index contributed by atoms with van der Waals surface area (Å²) >= 11 is -0.213. The molecule has 84 valence electrons. The zero-order chi connectivity index (χ0) is 10.5. The molecule has 1 aliphatic heterocycles. The minimum absolute atomic E-state index is 0.00490. The molecule has 3 nitrogen and oxygen atoms in total. The van der Waals surface area contributed by atoms with Crippen LogP contribution in [0.25, 0.3) is 0 Å². The number of aliphatic hydroxyl groups is 1. The fourth-order valence-electron chi connectivity index (χ4n) is 1.60. The standard InChI is InChI=1S/C11H16O3Te/c12-6-9-5-10(15-8-9)7-14-11-3-1-2-4-13-11/h5,8,11-12H,1-4,6-7H2. The molecular weight excluding hydrogens is 308 g/mol. The van der Waals surface area contributed by atoms with Crippen molar-refractivity contribution in [3.05, 3.63) is 19.3 Å². The van der Waals surface area contributed by atoms with Gasteiger partial charge in [0.1, 0.15) is 0 Å². The maximum absolute atomic E-state index is 8.94. The molecule has 1 aliphatic rings. The second-order valence-corrected chi connectivity index (χ2v) is 6.53. The first-order valence-corrected chi connectivity index (χ1v) is 7.80. The van der Waals surface area contributed by atoms with Crippen LogP contribution in [0.15, 0.2) is 10.1 Å². The van der Waals surface area contributed by atoms with E-state index in [1.165, 1.54) is 10.0 Å². The third-order valence-corrected chi connectivity index (χ3v) is 5.18. The summed E-state index contributed by atoms with van der Waals surface area (Å²) in [6.07, 6.45) is 3.40. The summed E-state index contributed by atoms with van der Waals surface area (Å²) in [5.41, 5.74) is 1.06. The van der Waals surface area contributed by atoms with Gasteiger partial charge < -0.3 is 0 Å². The maximum atomic E-state index is 8.94. The first kappa shape index (κ1) is 11.6. The van der Waals surface area contributed by atoms with Crippen LogP contribution >= 0.6 is 0 Å². The van der Waals surface area contributed by atoms with Gasteiger partial charge in [-0.25, -0.2) is 0 Å². The van der Waals surface area contributed by atoms with E-state index in [1.54, 1.807) is 0 Å². The second kappa shape index (κ2) is 6.03. The third-order valence-electron chi connectivity index (χ3n) is 2.44. The molecule has 1 aromatic rings. The van der Waals surface area contributed by atoms with E-state index in [-0.39, 0.29) is 33.3 Å². The van der Waals surface area contributed by atoms with Crippen molar-refractivity contribution in [1.82, 2.24) is 0 Å². The van der Waals surface area contributed by atoms with Gasteiger partial charge in [-0.15, -0.1) is 0 Å². The van der Waals surface area contributed by atoms with Crippen molar-refractivity contribution in [2.24, 2.45) is 0 Å². The molecule has 2 rings (SSSR count). The molecule has 15 heavy (non-hydrogen) atoms. The van der Waals surface area contributed by atoms with Gasteiger partial charge in [-0.2, -0.15) is 0 Å². The van der Waals surface area contributed by atoms with Crippen molar-refractivity contribution in [2.45, 2.75) is 38.8 Å². The molecule has 2 heterocycles. The fraction of sp³-hybridized carbons (Fsp3) is 0.636. The van der Waals surface area contributed by atoms with Gasteiger partial charge in [0.05, 0.1) is 0 Å². The molecule has 1 atom stereocenters. The van der Waals surface area contributed by atoms with Crippen LogP contribution in [0.2, 0.25) is 0 Å². The first-order valence-electron chi connectivity index (χ1n) is 5.29. The quantitative estimate of drug-likeness (QED) is 0.848. The normalized spacial score (nSPS) is 21.8. The van der Waals surface area contributed by atoms with Crippen LogP contribution in [-0.2, 0) is 22.7 Å². The molecule has 0 aromatic carbocycles. The fourth-order valence-corrected chi connectivity index (χ4v) is 3.89. The molecular formula is C11H16O3Te. The Morgan fingerprint density at radius 2 is 2.47 bits per heavy atom. The number of rotatable bonds is 4. The molecule has 0 saturated carbocycles. The molecule has 1 fully saturated rings. The Hall–Kier alpha value is 0.150. The Balaban J connectivity index is 1.76. The van der Waals surface area contributed by atoms with E-state index < -0.39 is 0 Å². The Labute approximate surface area is 99.6 Å². The molecule has 1 N–H and O–H groups in total. The Kier molecular flexibility index (Phi) is 4.67. The van der Waals surface area contributed by atoms with Gasteiger partial charge in [-0.05, 0) is 0 Å². The zero-order valence-corrected chi connectivity index (χ0v) is 11.0. The average molecular weight is 324 g/mol. The van der Waals surface area contributed by atoms with Crippen LogP contribution < -0.4 is 0 Å². The van der Waals surface area contributed by atoms with Crippen molar-refractivity contribution >= 4 is 20.4 Å². The van der Waals surface area contributed by atoms with E-state index in [2.05, 4.69) is 10.1 Å². The molecule has 0 spiro atoms. The Morgan fingerprint density at radius 1 is 1.53 bits per heavy atom. The van der Waals surface area contributed by atoms with Gasteiger partial charge in [0.15, 0.2) is 0 Å². The monoisotopic (exact) mass is 326 g/mol.